The zero-order chi connectivity index (χ0) is 14.7. The van der Waals surface area contributed by atoms with Gasteiger partial charge in [-0.15, -0.1) is 0 Å². The monoisotopic (exact) mass is 273 g/mol. The number of anilines is 1. The van der Waals surface area contributed by atoms with Crippen LogP contribution in [0, 0.1) is 13.8 Å². The largest absolute Gasteiger partial charge is 0.480 e. The summed E-state index contributed by atoms with van der Waals surface area (Å²) in [6, 6.07) is 11.5. The lowest BCUT2D eigenvalue weighted by Gasteiger charge is -2.28. The van der Waals surface area contributed by atoms with E-state index >= 15 is 0 Å². The fourth-order valence-corrected chi connectivity index (χ4v) is 2.17. The van der Waals surface area contributed by atoms with Crippen molar-refractivity contribution in [3.63, 3.8) is 0 Å². The highest BCUT2D eigenvalue weighted by molar-refractivity contribution is 5.74. The first kappa shape index (κ1) is 14.2. The van der Waals surface area contributed by atoms with Gasteiger partial charge < -0.3 is 14.4 Å². The lowest BCUT2D eigenvalue weighted by atomic mass is 10.1. The predicted octanol–water partition coefficient (Wildman–Crippen LogP) is 3.55. The molecule has 4 nitrogen and oxygen atoms in total. The molecule has 0 spiro atoms. The van der Waals surface area contributed by atoms with Gasteiger partial charge in [0.05, 0.1) is 6.04 Å². The first-order valence-corrected chi connectivity index (χ1v) is 6.59. The molecule has 2 rings (SSSR count). The van der Waals surface area contributed by atoms with Crippen LogP contribution in [-0.2, 0) is 4.79 Å². The average Bonchev–Trinajstić information content (AvgIpc) is 2.83. The molecule has 1 aromatic heterocycles. The highest BCUT2D eigenvalue weighted by atomic mass is 16.4. The molecule has 0 aliphatic rings. The highest BCUT2D eigenvalue weighted by Gasteiger charge is 2.21. The second-order valence-corrected chi connectivity index (χ2v) is 4.98. The van der Waals surface area contributed by atoms with Gasteiger partial charge in [0.1, 0.15) is 18.1 Å². The molecule has 1 atom stereocenters. The summed E-state index contributed by atoms with van der Waals surface area (Å²) < 4.78 is 5.62. The van der Waals surface area contributed by atoms with Crippen LogP contribution in [0.2, 0.25) is 0 Å². The van der Waals surface area contributed by atoms with Gasteiger partial charge in [-0.3, -0.25) is 4.79 Å². The van der Waals surface area contributed by atoms with E-state index in [0.29, 0.717) is 0 Å². The van der Waals surface area contributed by atoms with Crippen LogP contribution in [0.4, 0.5) is 5.69 Å². The molecule has 0 amide bonds. The first-order chi connectivity index (χ1) is 9.47. The summed E-state index contributed by atoms with van der Waals surface area (Å²) in [4.78, 5) is 12.9. The van der Waals surface area contributed by atoms with Crippen molar-refractivity contribution in [3.05, 3.63) is 53.5 Å². The normalized spacial score (nSPS) is 12.2. The Morgan fingerprint density at radius 2 is 1.85 bits per heavy atom. The minimum atomic E-state index is -0.860. The first-order valence-electron chi connectivity index (χ1n) is 6.59. The van der Waals surface area contributed by atoms with Crippen molar-refractivity contribution in [1.82, 2.24) is 0 Å². The molecule has 0 saturated heterocycles. The molecule has 0 radical (unpaired) electrons. The summed E-state index contributed by atoms with van der Waals surface area (Å²) in [6.45, 7) is 5.76. The van der Waals surface area contributed by atoms with Gasteiger partial charge in [-0.2, -0.15) is 0 Å². The van der Waals surface area contributed by atoms with E-state index in [1.54, 1.807) is 0 Å². The molecule has 0 bridgehead atoms. The molecule has 1 N–H and O–H groups in total. The standard InChI is InChI=1S/C16H19NO3/c1-11-4-7-14(8-5-11)17(10-16(18)19)13(3)15-9-6-12(2)20-15/h4-9,13H,10H2,1-3H3,(H,18,19). The van der Waals surface area contributed by atoms with Gasteiger partial charge in [0, 0.05) is 5.69 Å². The Morgan fingerprint density at radius 3 is 2.35 bits per heavy atom. The number of hydrogen-bond acceptors (Lipinski definition) is 3. The van der Waals surface area contributed by atoms with Crippen molar-refractivity contribution in [2.45, 2.75) is 26.8 Å². The minimum absolute atomic E-state index is 0.0655. The smallest absolute Gasteiger partial charge is 0.323 e. The molecule has 0 saturated carbocycles. The molecule has 106 valence electrons. The van der Waals surface area contributed by atoms with Crippen molar-refractivity contribution in [2.24, 2.45) is 0 Å². The molecular formula is C16H19NO3. The Balaban J connectivity index is 2.31. The number of rotatable bonds is 5. The van der Waals surface area contributed by atoms with Crippen molar-refractivity contribution < 1.29 is 14.3 Å². The molecule has 4 heteroatoms. The van der Waals surface area contributed by atoms with Gasteiger partial charge in [0.25, 0.3) is 0 Å². The Kier molecular flexibility index (Phi) is 4.13. The third-order valence-electron chi connectivity index (χ3n) is 3.31. The Bertz CT molecular complexity index is 586. The summed E-state index contributed by atoms with van der Waals surface area (Å²) in [5, 5.41) is 9.13. The summed E-state index contributed by atoms with van der Waals surface area (Å²) >= 11 is 0. The summed E-state index contributed by atoms with van der Waals surface area (Å²) in [5.74, 6) is 0.732. The van der Waals surface area contributed by atoms with E-state index in [9.17, 15) is 4.79 Å². The number of carboxylic acid groups (broad SMARTS) is 1. The van der Waals surface area contributed by atoms with Crippen LogP contribution in [-0.4, -0.2) is 17.6 Å². The number of aryl methyl sites for hydroxylation is 2. The van der Waals surface area contributed by atoms with Crippen LogP contribution in [0.1, 0.15) is 30.0 Å². The molecule has 1 unspecified atom stereocenters. The number of nitrogens with zero attached hydrogens (tertiary/aromatic N) is 1. The van der Waals surface area contributed by atoms with Crippen LogP contribution in [0.3, 0.4) is 0 Å². The predicted molar refractivity (Wildman–Crippen MR) is 78.0 cm³/mol. The van der Waals surface area contributed by atoms with Crippen LogP contribution in [0.25, 0.3) is 0 Å². The summed E-state index contributed by atoms with van der Waals surface area (Å²) in [6.07, 6.45) is 0. The molecule has 20 heavy (non-hydrogen) atoms. The maximum absolute atomic E-state index is 11.1. The molecular weight excluding hydrogens is 254 g/mol. The Morgan fingerprint density at radius 1 is 1.20 bits per heavy atom. The van der Waals surface area contributed by atoms with Crippen LogP contribution in [0.15, 0.2) is 40.8 Å². The van der Waals surface area contributed by atoms with E-state index in [-0.39, 0.29) is 12.6 Å². The Labute approximate surface area is 118 Å². The summed E-state index contributed by atoms with van der Waals surface area (Å²) in [7, 11) is 0. The summed E-state index contributed by atoms with van der Waals surface area (Å²) in [5.41, 5.74) is 2.02. The minimum Gasteiger partial charge on any atom is -0.480 e. The van der Waals surface area contributed by atoms with Crippen LogP contribution >= 0.6 is 0 Å². The molecule has 0 fully saturated rings. The zero-order valence-electron chi connectivity index (χ0n) is 12.0. The van der Waals surface area contributed by atoms with E-state index in [1.807, 2.05) is 62.1 Å². The van der Waals surface area contributed by atoms with Gasteiger partial charge in [0.15, 0.2) is 0 Å². The van der Waals surface area contributed by atoms with Crippen molar-refractivity contribution >= 4 is 11.7 Å². The van der Waals surface area contributed by atoms with Gasteiger partial charge in [-0.25, -0.2) is 0 Å². The molecule has 2 aromatic rings. The van der Waals surface area contributed by atoms with Crippen LogP contribution in [0.5, 0.6) is 0 Å². The lowest BCUT2D eigenvalue weighted by Crippen LogP contribution is -2.32. The average molecular weight is 273 g/mol. The number of hydrogen-bond donors (Lipinski definition) is 1. The molecule has 1 heterocycles. The molecule has 0 aliphatic carbocycles. The van der Waals surface area contributed by atoms with Gasteiger partial charge in [-0.1, -0.05) is 17.7 Å². The number of furan rings is 1. The maximum Gasteiger partial charge on any atom is 0.323 e. The second-order valence-electron chi connectivity index (χ2n) is 4.98. The lowest BCUT2D eigenvalue weighted by molar-refractivity contribution is -0.135. The number of aliphatic carboxylic acids is 1. The maximum atomic E-state index is 11.1. The van der Waals surface area contributed by atoms with Crippen molar-refractivity contribution in [2.75, 3.05) is 11.4 Å². The fraction of sp³-hybridized carbons (Fsp3) is 0.312. The van der Waals surface area contributed by atoms with Gasteiger partial charge in [0.2, 0.25) is 0 Å². The van der Waals surface area contributed by atoms with E-state index in [4.69, 9.17) is 9.52 Å². The van der Waals surface area contributed by atoms with E-state index < -0.39 is 5.97 Å². The van der Waals surface area contributed by atoms with E-state index in [0.717, 1.165) is 22.8 Å². The zero-order valence-corrected chi connectivity index (χ0v) is 12.0. The number of carboxylic acids is 1. The topological polar surface area (TPSA) is 53.7 Å². The van der Waals surface area contributed by atoms with Crippen molar-refractivity contribution in [3.8, 4) is 0 Å². The van der Waals surface area contributed by atoms with Crippen LogP contribution < -0.4 is 4.90 Å². The van der Waals surface area contributed by atoms with E-state index in [2.05, 4.69) is 0 Å². The fourth-order valence-electron chi connectivity index (χ4n) is 2.17. The van der Waals surface area contributed by atoms with Crippen molar-refractivity contribution in [1.29, 1.82) is 0 Å². The molecule has 1 aromatic carbocycles. The highest BCUT2D eigenvalue weighted by Crippen LogP contribution is 2.28. The second kappa shape index (κ2) is 5.82. The SMILES string of the molecule is Cc1ccc(N(CC(=O)O)C(C)c2ccc(C)o2)cc1. The third kappa shape index (κ3) is 3.20. The van der Waals surface area contributed by atoms with E-state index in [1.165, 1.54) is 0 Å². The number of carbonyl (C=O) groups is 1. The number of benzene rings is 1. The van der Waals surface area contributed by atoms with Gasteiger partial charge in [-0.05, 0) is 45.0 Å². The Hall–Kier alpha value is -2.23. The molecule has 0 aliphatic heterocycles. The van der Waals surface area contributed by atoms with Gasteiger partial charge >= 0.3 is 5.97 Å². The third-order valence-corrected chi connectivity index (χ3v) is 3.31. The quantitative estimate of drug-likeness (QED) is 0.905.